The molecule has 6 heteroatoms. The summed E-state index contributed by atoms with van der Waals surface area (Å²) < 4.78 is 38.6. The van der Waals surface area contributed by atoms with E-state index in [0.717, 1.165) is 30.2 Å². The number of aromatic nitrogens is 2. The second kappa shape index (κ2) is 4.68. The van der Waals surface area contributed by atoms with Gasteiger partial charge in [-0.05, 0) is 0 Å². The largest absolute Gasteiger partial charge is 0.390 e. The number of imidazole rings is 1. The average Bonchev–Trinajstić information content (AvgIpc) is 2.63. The first-order valence-corrected chi connectivity index (χ1v) is 5.86. The van der Waals surface area contributed by atoms with Crippen LogP contribution in [-0.2, 0) is 25.9 Å². The van der Waals surface area contributed by atoms with E-state index in [4.69, 9.17) is 0 Å². The van der Waals surface area contributed by atoms with E-state index in [9.17, 15) is 13.2 Å². The zero-order valence-electron chi connectivity index (χ0n) is 9.77. The third kappa shape index (κ3) is 2.80. The van der Waals surface area contributed by atoms with Gasteiger partial charge in [-0.25, -0.2) is 4.98 Å². The number of hydrogen-bond donors (Lipinski definition) is 1. The quantitative estimate of drug-likeness (QED) is 0.885. The van der Waals surface area contributed by atoms with E-state index in [-0.39, 0.29) is 6.54 Å². The molecular formula is C11H16F3N3. The minimum absolute atomic E-state index is 0.00495. The van der Waals surface area contributed by atoms with Crippen LogP contribution in [0.4, 0.5) is 13.2 Å². The molecule has 0 atom stereocenters. The Bertz CT molecular complexity index is 395. The third-order valence-electron chi connectivity index (χ3n) is 3.00. The number of nitrogens with zero attached hydrogens (tertiary/aromatic N) is 2. The van der Waals surface area contributed by atoms with Gasteiger partial charge in [-0.1, -0.05) is 6.92 Å². The fraction of sp³-hybridized carbons (Fsp3) is 0.727. The summed E-state index contributed by atoms with van der Waals surface area (Å²) in [4.78, 5) is 4.40. The predicted octanol–water partition coefficient (Wildman–Crippen LogP) is 2.04. The van der Waals surface area contributed by atoms with Crippen LogP contribution in [0.1, 0.15) is 30.6 Å². The second-order valence-corrected chi connectivity index (χ2v) is 4.22. The van der Waals surface area contributed by atoms with Gasteiger partial charge in [-0.3, -0.25) is 0 Å². The van der Waals surface area contributed by atoms with Crippen molar-refractivity contribution in [3.8, 4) is 0 Å². The lowest BCUT2D eigenvalue weighted by molar-refractivity contribution is -0.136. The van der Waals surface area contributed by atoms with Crippen molar-refractivity contribution >= 4 is 0 Å². The summed E-state index contributed by atoms with van der Waals surface area (Å²) in [5.41, 5.74) is 1.89. The minimum atomic E-state index is -4.10. The maximum absolute atomic E-state index is 12.3. The molecule has 1 N–H and O–H groups in total. The van der Waals surface area contributed by atoms with Crippen molar-refractivity contribution in [2.24, 2.45) is 0 Å². The molecule has 0 spiro atoms. The smallest absolute Gasteiger partial charge is 0.331 e. The average molecular weight is 247 g/mol. The molecule has 0 aromatic carbocycles. The molecule has 3 nitrogen and oxygen atoms in total. The number of aryl methyl sites for hydroxylation is 1. The van der Waals surface area contributed by atoms with Crippen LogP contribution < -0.4 is 5.32 Å². The molecule has 2 rings (SSSR count). The van der Waals surface area contributed by atoms with E-state index >= 15 is 0 Å². The first kappa shape index (κ1) is 12.4. The topological polar surface area (TPSA) is 29.9 Å². The molecule has 1 aromatic rings. The highest BCUT2D eigenvalue weighted by Crippen LogP contribution is 2.23. The molecule has 17 heavy (non-hydrogen) atoms. The van der Waals surface area contributed by atoms with Gasteiger partial charge in [0.15, 0.2) is 0 Å². The maximum atomic E-state index is 12.3. The summed E-state index contributed by atoms with van der Waals surface area (Å²) in [6.45, 7) is 3.40. The first-order valence-electron chi connectivity index (χ1n) is 5.86. The van der Waals surface area contributed by atoms with Crippen LogP contribution in [0.2, 0.25) is 0 Å². The van der Waals surface area contributed by atoms with Crippen LogP contribution in [0.15, 0.2) is 0 Å². The molecule has 0 bridgehead atoms. The van der Waals surface area contributed by atoms with E-state index in [0.29, 0.717) is 13.0 Å². The van der Waals surface area contributed by atoms with Gasteiger partial charge in [0.05, 0.1) is 12.1 Å². The Morgan fingerprint density at radius 1 is 1.41 bits per heavy atom. The number of alkyl halides is 3. The van der Waals surface area contributed by atoms with E-state index in [2.05, 4.69) is 10.3 Å². The molecule has 1 aromatic heterocycles. The van der Waals surface area contributed by atoms with Crippen molar-refractivity contribution in [3.05, 3.63) is 17.2 Å². The summed E-state index contributed by atoms with van der Waals surface area (Å²) in [5.74, 6) is 0.767. The van der Waals surface area contributed by atoms with Gasteiger partial charge in [0.1, 0.15) is 5.82 Å². The Balaban J connectivity index is 2.22. The van der Waals surface area contributed by atoms with E-state index < -0.39 is 12.6 Å². The Morgan fingerprint density at radius 2 is 2.18 bits per heavy atom. The highest BCUT2D eigenvalue weighted by Gasteiger charge is 2.28. The highest BCUT2D eigenvalue weighted by atomic mass is 19.4. The van der Waals surface area contributed by atoms with E-state index in [1.54, 1.807) is 4.57 Å². The van der Waals surface area contributed by atoms with Crippen LogP contribution in [0.5, 0.6) is 0 Å². The minimum Gasteiger partial charge on any atom is -0.331 e. The van der Waals surface area contributed by atoms with Crippen molar-refractivity contribution in [2.45, 2.75) is 45.5 Å². The van der Waals surface area contributed by atoms with Gasteiger partial charge in [0, 0.05) is 38.2 Å². The fourth-order valence-electron chi connectivity index (χ4n) is 2.20. The van der Waals surface area contributed by atoms with E-state index in [1.807, 2.05) is 6.92 Å². The summed E-state index contributed by atoms with van der Waals surface area (Å²) in [7, 11) is 0. The van der Waals surface area contributed by atoms with E-state index in [1.165, 1.54) is 0 Å². The monoisotopic (exact) mass is 247 g/mol. The Labute approximate surface area is 98.0 Å². The van der Waals surface area contributed by atoms with Gasteiger partial charge in [-0.15, -0.1) is 0 Å². The van der Waals surface area contributed by atoms with Crippen molar-refractivity contribution in [2.75, 3.05) is 6.54 Å². The molecule has 0 amide bonds. The normalized spacial score (nSPS) is 16.0. The number of fused-ring (bicyclic) bond motifs is 1. The summed E-state index contributed by atoms with van der Waals surface area (Å²) >= 11 is 0. The fourth-order valence-corrected chi connectivity index (χ4v) is 2.20. The zero-order chi connectivity index (χ0) is 12.5. The molecule has 2 heterocycles. The predicted molar refractivity (Wildman–Crippen MR) is 57.7 cm³/mol. The number of hydrogen-bond acceptors (Lipinski definition) is 2. The SMILES string of the molecule is CCc1nc2c(n1CCC(F)(F)F)CCNC2. The summed E-state index contributed by atoms with van der Waals surface area (Å²) in [6, 6.07) is 0. The standard InChI is InChI=1S/C11H16F3N3/c1-2-10-16-8-7-15-5-3-9(8)17(10)6-4-11(12,13)14/h15H,2-7H2,1H3. The van der Waals surface area contributed by atoms with Crippen LogP contribution >= 0.6 is 0 Å². The van der Waals surface area contributed by atoms with Crippen LogP contribution in [0.3, 0.4) is 0 Å². The Kier molecular flexibility index (Phi) is 3.42. The second-order valence-electron chi connectivity index (χ2n) is 4.22. The molecule has 0 saturated heterocycles. The lowest BCUT2D eigenvalue weighted by Crippen LogP contribution is -2.25. The van der Waals surface area contributed by atoms with Crippen molar-refractivity contribution in [1.29, 1.82) is 0 Å². The van der Waals surface area contributed by atoms with Crippen molar-refractivity contribution < 1.29 is 13.2 Å². The van der Waals surface area contributed by atoms with Crippen molar-refractivity contribution in [1.82, 2.24) is 14.9 Å². The number of nitrogens with one attached hydrogen (secondary N) is 1. The molecule has 0 fully saturated rings. The van der Waals surface area contributed by atoms with Crippen LogP contribution in [-0.4, -0.2) is 22.3 Å². The summed E-state index contributed by atoms with van der Waals surface area (Å²) in [6.07, 6.45) is -3.45. The van der Waals surface area contributed by atoms with Gasteiger partial charge < -0.3 is 9.88 Å². The number of rotatable bonds is 3. The molecule has 0 aliphatic carbocycles. The maximum Gasteiger partial charge on any atom is 0.390 e. The van der Waals surface area contributed by atoms with Crippen molar-refractivity contribution in [3.63, 3.8) is 0 Å². The molecule has 1 aliphatic heterocycles. The summed E-state index contributed by atoms with van der Waals surface area (Å²) in [5, 5.41) is 3.18. The molecule has 1 aliphatic rings. The Morgan fingerprint density at radius 3 is 2.82 bits per heavy atom. The molecular weight excluding hydrogens is 231 g/mol. The lowest BCUT2D eigenvalue weighted by Gasteiger charge is -2.16. The van der Waals surface area contributed by atoms with Gasteiger partial charge in [0.25, 0.3) is 0 Å². The van der Waals surface area contributed by atoms with Crippen LogP contribution in [0.25, 0.3) is 0 Å². The molecule has 0 radical (unpaired) electrons. The molecule has 0 saturated carbocycles. The lowest BCUT2D eigenvalue weighted by atomic mass is 10.2. The first-order chi connectivity index (χ1) is 8.01. The number of halogens is 3. The van der Waals surface area contributed by atoms with Gasteiger partial charge in [0.2, 0.25) is 0 Å². The van der Waals surface area contributed by atoms with Gasteiger partial charge >= 0.3 is 6.18 Å². The van der Waals surface area contributed by atoms with Crippen LogP contribution in [0, 0.1) is 0 Å². The third-order valence-corrected chi connectivity index (χ3v) is 3.00. The van der Waals surface area contributed by atoms with Gasteiger partial charge in [-0.2, -0.15) is 13.2 Å². The molecule has 0 unspecified atom stereocenters. The molecule has 96 valence electrons. The highest BCUT2D eigenvalue weighted by molar-refractivity contribution is 5.20. The Hall–Kier alpha value is -1.04. The zero-order valence-corrected chi connectivity index (χ0v) is 9.77.